The van der Waals surface area contributed by atoms with E-state index in [2.05, 4.69) is 15.4 Å². The van der Waals surface area contributed by atoms with Crippen LogP contribution < -0.4 is 5.32 Å². The zero-order chi connectivity index (χ0) is 20.2. The van der Waals surface area contributed by atoms with Crippen LogP contribution in [0.25, 0.3) is 0 Å². The van der Waals surface area contributed by atoms with Crippen molar-refractivity contribution in [3.8, 4) is 0 Å². The Labute approximate surface area is 166 Å². The number of anilines is 1. The highest BCUT2D eigenvalue weighted by atomic mass is 16.2. The standard InChI is InChI=1S/C22H16N4O3/c27-20-14-19(15-6-2-1-3-7-15)25-26(20)22(29)16-9-11-17(12-10-16)24-21(28)18-8-4-5-13-23-18/h1-13H,14H2,(H,24,28). The average molecular weight is 384 g/mol. The molecule has 3 aromatic rings. The Morgan fingerprint density at radius 1 is 0.897 bits per heavy atom. The van der Waals surface area contributed by atoms with Gasteiger partial charge in [0.05, 0.1) is 12.1 Å². The van der Waals surface area contributed by atoms with Gasteiger partial charge in [0.15, 0.2) is 0 Å². The molecule has 7 nitrogen and oxygen atoms in total. The molecule has 2 heterocycles. The zero-order valence-corrected chi connectivity index (χ0v) is 15.3. The van der Waals surface area contributed by atoms with Crippen LogP contribution in [0.15, 0.2) is 84.1 Å². The highest BCUT2D eigenvalue weighted by Gasteiger charge is 2.30. The van der Waals surface area contributed by atoms with Crippen molar-refractivity contribution in [1.29, 1.82) is 0 Å². The van der Waals surface area contributed by atoms with Crippen molar-refractivity contribution < 1.29 is 14.4 Å². The van der Waals surface area contributed by atoms with Crippen molar-refractivity contribution >= 4 is 29.1 Å². The van der Waals surface area contributed by atoms with Crippen molar-refractivity contribution in [3.63, 3.8) is 0 Å². The van der Waals surface area contributed by atoms with Gasteiger partial charge in [0.2, 0.25) is 0 Å². The molecular weight excluding hydrogens is 368 g/mol. The van der Waals surface area contributed by atoms with Gasteiger partial charge in [-0.3, -0.25) is 19.4 Å². The fourth-order valence-electron chi connectivity index (χ4n) is 2.89. The summed E-state index contributed by atoms with van der Waals surface area (Å²) in [4.78, 5) is 41.1. The molecule has 2 aromatic carbocycles. The first-order valence-electron chi connectivity index (χ1n) is 8.94. The molecule has 0 spiro atoms. The van der Waals surface area contributed by atoms with E-state index in [1.165, 1.54) is 6.20 Å². The Morgan fingerprint density at radius 2 is 1.62 bits per heavy atom. The molecule has 1 aliphatic heterocycles. The fourth-order valence-corrected chi connectivity index (χ4v) is 2.89. The molecule has 0 saturated carbocycles. The molecule has 0 saturated heterocycles. The predicted octanol–water partition coefficient (Wildman–Crippen LogP) is 3.11. The van der Waals surface area contributed by atoms with Crippen molar-refractivity contribution in [2.24, 2.45) is 5.10 Å². The molecule has 0 atom stereocenters. The minimum atomic E-state index is -0.511. The number of benzene rings is 2. The molecule has 0 unspecified atom stereocenters. The molecule has 7 heteroatoms. The summed E-state index contributed by atoms with van der Waals surface area (Å²) in [5.41, 5.74) is 2.47. The predicted molar refractivity (Wildman–Crippen MR) is 107 cm³/mol. The van der Waals surface area contributed by atoms with Crippen LogP contribution in [0.5, 0.6) is 0 Å². The van der Waals surface area contributed by atoms with E-state index >= 15 is 0 Å². The SMILES string of the molecule is O=C(Nc1ccc(C(=O)N2N=C(c3ccccc3)CC2=O)cc1)c1ccccn1. The number of rotatable bonds is 4. The molecular formula is C22H16N4O3. The Hall–Kier alpha value is -4.13. The second-order valence-electron chi connectivity index (χ2n) is 6.35. The number of aromatic nitrogens is 1. The number of amides is 3. The number of nitrogens with one attached hydrogen (secondary N) is 1. The fraction of sp³-hybridized carbons (Fsp3) is 0.0455. The molecule has 0 aliphatic carbocycles. The van der Waals surface area contributed by atoms with Crippen molar-refractivity contribution in [1.82, 2.24) is 9.99 Å². The summed E-state index contributed by atoms with van der Waals surface area (Å²) < 4.78 is 0. The monoisotopic (exact) mass is 384 g/mol. The lowest BCUT2D eigenvalue weighted by molar-refractivity contribution is -0.126. The van der Waals surface area contributed by atoms with E-state index in [9.17, 15) is 14.4 Å². The van der Waals surface area contributed by atoms with Gasteiger partial charge in [0.25, 0.3) is 17.7 Å². The summed E-state index contributed by atoms with van der Waals surface area (Å²) in [6.45, 7) is 0. The van der Waals surface area contributed by atoms with Crippen LogP contribution in [0.3, 0.4) is 0 Å². The zero-order valence-electron chi connectivity index (χ0n) is 15.3. The number of nitrogens with zero attached hydrogens (tertiary/aromatic N) is 3. The molecule has 0 radical (unpaired) electrons. The van der Waals surface area contributed by atoms with E-state index in [0.29, 0.717) is 17.0 Å². The summed E-state index contributed by atoms with van der Waals surface area (Å²) in [6, 6.07) is 20.6. The summed E-state index contributed by atoms with van der Waals surface area (Å²) >= 11 is 0. The minimum absolute atomic E-state index is 0.0774. The molecule has 29 heavy (non-hydrogen) atoms. The van der Waals surface area contributed by atoms with Crippen LogP contribution in [0, 0.1) is 0 Å². The molecule has 1 aromatic heterocycles. The lowest BCUT2D eigenvalue weighted by Crippen LogP contribution is -2.28. The summed E-state index contributed by atoms with van der Waals surface area (Å²) in [7, 11) is 0. The van der Waals surface area contributed by atoms with Gasteiger partial charge >= 0.3 is 0 Å². The lowest BCUT2D eigenvalue weighted by atomic mass is 10.1. The number of carbonyl (C=O) groups is 3. The van der Waals surface area contributed by atoms with Crippen molar-refractivity contribution in [3.05, 3.63) is 95.8 Å². The van der Waals surface area contributed by atoms with Gasteiger partial charge in [-0.05, 0) is 42.0 Å². The van der Waals surface area contributed by atoms with Gasteiger partial charge in [-0.2, -0.15) is 10.1 Å². The van der Waals surface area contributed by atoms with Crippen LogP contribution in [0.1, 0.15) is 32.8 Å². The highest BCUT2D eigenvalue weighted by molar-refractivity contribution is 6.19. The van der Waals surface area contributed by atoms with E-state index in [0.717, 1.165) is 10.6 Å². The normalized spacial score (nSPS) is 13.2. The van der Waals surface area contributed by atoms with Gasteiger partial charge in [-0.25, -0.2) is 0 Å². The number of carbonyl (C=O) groups excluding carboxylic acids is 3. The maximum Gasteiger partial charge on any atom is 0.281 e. The topological polar surface area (TPSA) is 91.7 Å². The average Bonchev–Trinajstić information content (AvgIpc) is 3.16. The minimum Gasteiger partial charge on any atom is -0.321 e. The summed E-state index contributed by atoms with van der Waals surface area (Å²) in [6.07, 6.45) is 1.61. The quantitative estimate of drug-likeness (QED) is 0.700. The van der Waals surface area contributed by atoms with Crippen LogP contribution >= 0.6 is 0 Å². The number of hydrogen-bond acceptors (Lipinski definition) is 5. The van der Waals surface area contributed by atoms with Crippen LogP contribution in [-0.4, -0.2) is 33.4 Å². The van der Waals surface area contributed by atoms with E-state index in [-0.39, 0.29) is 23.9 Å². The maximum atomic E-state index is 12.7. The van der Waals surface area contributed by atoms with Gasteiger partial charge in [-0.1, -0.05) is 36.4 Å². The second-order valence-corrected chi connectivity index (χ2v) is 6.35. The highest BCUT2D eigenvalue weighted by Crippen LogP contribution is 2.19. The molecule has 0 bridgehead atoms. The third kappa shape index (κ3) is 3.93. The number of hydrogen-bond donors (Lipinski definition) is 1. The van der Waals surface area contributed by atoms with Crippen LogP contribution in [0.2, 0.25) is 0 Å². The largest absolute Gasteiger partial charge is 0.321 e. The molecule has 142 valence electrons. The second kappa shape index (κ2) is 7.85. The van der Waals surface area contributed by atoms with Gasteiger partial charge < -0.3 is 5.32 Å². The Bertz CT molecular complexity index is 1090. The molecule has 0 fully saturated rings. The summed E-state index contributed by atoms with van der Waals surface area (Å²) in [5.74, 6) is -1.23. The number of hydrazone groups is 1. The Morgan fingerprint density at radius 3 is 2.31 bits per heavy atom. The van der Waals surface area contributed by atoms with Crippen molar-refractivity contribution in [2.45, 2.75) is 6.42 Å². The third-order valence-corrected chi connectivity index (χ3v) is 4.36. The first-order chi connectivity index (χ1) is 14.1. The van der Waals surface area contributed by atoms with Crippen LogP contribution in [-0.2, 0) is 4.79 Å². The lowest BCUT2D eigenvalue weighted by Gasteiger charge is -2.10. The van der Waals surface area contributed by atoms with Gasteiger partial charge in [0.1, 0.15) is 5.69 Å². The van der Waals surface area contributed by atoms with E-state index in [4.69, 9.17) is 0 Å². The van der Waals surface area contributed by atoms with Gasteiger partial charge in [0, 0.05) is 17.4 Å². The van der Waals surface area contributed by atoms with Gasteiger partial charge in [-0.15, -0.1) is 0 Å². The first kappa shape index (κ1) is 18.2. The van der Waals surface area contributed by atoms with Crippen molar-refractivity contribution in [2.75, 3.05) is 5.32 Å². The van der Waals surface area contributed by atoms with E-state index < -0.39 is 5.91 Å². The summed E-state index contributed by atoms with van der Waals surface area (Å²) in [5, 5.41) is 7.80. The number of pyridine rings is 1. The van der Waals surface area contributed by atoms with E-state index in [1.807, 2.05) is 30.3 Å². The molecule has 1 N–H and O–H groups in total. The smallest absolute Gasteiger partial charge is 0.281 e. The third-order valence-electron chi connectivity index (χ3n) is 4.36. The molecule has 4 rings (SSSR count). The maximum absolute atomic E-state index is 12.7. The first-order valence-corrected chi connectivity index (χ1v) is 8.94. The molecule has 3 amide bonds. The Kier molecular flexibility index (Phi) is 4.94. The Balaban J connectivity index is 1.47. The molecule has 1 aliphatic rings. The van der Waals surface area contributed by atoms with E-state index in [1.54, 1.807) is 42.5 Å². The number of imide groups is 1. The van der Waals surface area contributed by atoms with Crippen LogP contribution in [0.4, 0.5) is 5.69 Å².